The molecule has 1 fully saturated rings. The number of carbonyl (C=O) groups excluding carboxylic acids is 1. The molecule has 0 unspecified atom stereocenters. The van der Waals surface area contributed by atoms with Crippen LogP contribution in [0, 0.1) is 0 Å². The maximum Gasteiger partial charge on any atom is 0.234 e. The molecule has 1 aliphatic heterocycles. The van der Waals surface area contributed by atoms with E-state index in [1.54, 1.807) is 0 Å². The number of hydrogen-bond donors (Lipinski definition) is 2. The fourth-order valence-corrected chi connectivity index (χ4v) is 1.66. The van der Waals surface area contributed by atoms with Crippen LogP contribution in [0.3, 0.4) is 0 Å². The molecule has 4 heteroatoms. The third-order valence-electron chi connectivity index (χ3n) is 2.48. The Morgan fingerprint density at radius 1 is 1.36 bits per heavy atom. The number of carbonyl (C=O) groups is 1. The van der Waals surface area contributed by atoms with Crippen molar-refractivity contribution < 1.29 is 4.79 Å². The molecule has 1 rings (SSSR count). The minimum atomic E-state index is 0.103. The van der Waals surface area contributed by atoms with Crippen LogP contribution in [0.5, 0.6) is 0 Å². The number of likely N-dealkylation sites (N-methyl/N-ethyl adjacent to an activating group) is 1. The average molecular weight is 199 g/mol. The van der Waals surface area contributed by atoms with E-state index < -0.39 is 0 Å². The van der Waals surface area contributed by atoms with Crippen LogP contribution in [0.15, 0.2) is 0 Å². The highest BCUT2D eigenvalue weighted by molar-refractivity contribution is 5.77. The van der Waals surface area contributed by atoms with Crippen LogP contribution in [0.4, 0.5) is 0 Å². The van der Waals surface area contributed by atoms with Gasteiger partial charge in [-0.3, -0.25) is 4.79 Å². The summed E-state index contributed by atoms with van der Waals surface area (Å²) >= 11 is 0. The molecule has 1 aliphatic rings. The minimum absolute atomic E-state index is 0.103. The van der Waals surface area contributed by atoms with Crippen LogP contribution in [-0.2, 0) is 4.79 Å². The number of rotatable bonds is 6. The molecule has 0 atom stereocenters. The van der Waals surface area contributed by atoms with E-state index in [2.05, 4.69) is 15.5 Å². The first-order valence-electron chi connectivity index (χ1n) is 5.52. The average Bonchev–Trinajstić information content (AvgIpc) is 2.67. The molecule has 1 amide bonds. The summed E-state index contributed by atoms with van der Waals surface area (Å²) < 4.78 is 0. The van der Waals surface area contributed by atoms with E-state index in [4.69, 9.17) is 0 Å². The zero-order valence-corrected chi connectivity index (χ0v) is 9.01. The van der Waals surface area contributed by atoms with Crippen molar-refractivity contribution in [2.24, 2.45) is 0 Å². The lowest BCUT2D eigenvalue weighted by Crippen LogP contribution is -2.38. The van der Waals surface area contributed by atoms with Gasteiger partial charge in [0.25, 0.3) is 0 Å². The maximum absolute atomic E-state index is 11.2. The Labute approximate surface area is 86.0 Å². The fourth-order valence-electron chi connectivity index (χ4n) is 1.66. The molecule has 0 bridgehead atoms. The summed E-state index contributed by atoms with van der Waals surface area (Å²) in [6.45, 7) is 7.46. The molecular formula is C10H21N3O. The number of nitrogens with one attached hydrogen (secondary N) is 2. The normalized spacial score (nSPS) is 17.2. The molecule has 4 nitrogen and oxygen atoms in total. The summed E-state index contributed by atoms with van der Waals surface area (Å²) in [6, 6.07) is 0. The third kappa shape index (κ3) is 4.58. The first kappa shape index (κ1) is 11.5. The van der Waals surface area contributed by atoms with Gasteiger partial charge in [-0.1, -0.05) is 6.92 Å². The first-order chi connectivity index (χ1) is 6.83. The molecule has 0 radical (unpaired) electrons. The second kappa shape index (κ2) is 6.79. The largest absolute Gasteiger partial charge is 0.354 e. The molecule has 0 aromatic heterocycles. The van der Waals surface area contributed by atoms with E-state index in [1.165, 1.54) is 25.9 Å². The predicted molar refractivity (Wildman–Crippen MR) is 57.2 cm³/mol. The quantitative estimate of drug-likeness (QED) is 0.623. The van der Waals surface area contributed by atoms with Gasteiger partial charge in [0.15, 0.2) is 0 Å². The Morgan fingerprint density at radius 2 is 2.07 bits per heavy atom. The fraction of sp³-hybridized carbons (Fsp3) is 0.900. The molecular weight excluding hydrogens is 178 g/mol. The van der Waals surface area contributed by atoms with Gasteiger partial charge < -0.3 is 15.5 Å². The highest BCUT2D eigenvalue weighted by Gasteiger charge is 2.10. The Morgan fingerprint density at radius 3 is 2.71 bits per heavy atom. The van der Waals surface area contributed by atoms with E-state index >= 15 is 0 Å². The standard InChI is InChI=1S/C10H21N3O/c1-2-11-9-10(14)12-5-8-13-6-3-4-7-13/h11H,2-9H2,1H3,(H,12,14). The van der Waals surface area contributed by atoms with Crippen molar-refractivity contribution in [1.29, 1.82) is 0 Å². The Balaban J connectivity index is 1.94. The van der Waals surface area contributed by atoms with E-state index in [0.29, 0.717) is 6.54 Å². The molecule has 82 valence electrons. The summed E-state index contributed by atoms with van der Waals surface area (Å²) in [5.41, 5.74) is 0. The van der Waals surface area contributed by atoms with Gasteiger partial charge in [0, 0.05) is 13.1 Å². The van der Waals surface area contributed by atoms with Gasteiger partial charge in [0.05, 0.1) is 6.54 Å². The Kier molecular flexibility index (Phi) is 5.56. The van der Waals surface area contributed by atoms with Crippen LogP contribution in [0.25, 0.3) is 0 Å². The molecule has 1 heterocycles. The second-order valence-corrected chi connectivity index (χ2v) is 3.68. The molecule has 1 saturated heterocycles. The van der Waals surface area contributed by atoms with Crippen molar-refractivity contribution in [3.8, 4) is 0 Å². The van der Waals surface area contributed by atoms with E-state index in [-0.39, 0.29) is 5.91 Å². The zero-order valence-electron chi connectivity index (χ0n) is 9.01. The van der Waals surface area contributed by atoms with Crippen molar-refractivity contribution in [3.05, 3.63) is 0 Å². The van der Waals surface area contributed by atoms with E-state index in [9.17, 15) is 4.79 Å². The summed E-state index contributed by atoms with van der Waals surface area (Å²) in [5.74, 6) is 0.103. The number of amides is 1. The Hall–Kier alpha value is -0.610. The summed E-state index contributed by atoms with van der Waals surface area (Å²) in [4.78, 5) is 13.6. The van der Waals surface area contributed by atoms with Gasteiger partial charge in [-0.25, -0.2) is 0 Å². The first-order valence-corrected chi connectivity index (χ1v) is 5.52. The van der Waals surface area contributed by atoms with Crippen LogP contribution in [0.2, 0.25) is 0 Å². The lowest BCUT2D eigenvalue weighted by molar-refractivity contribution is -0.120. The topological polar surface area (TPSA) is 44.4 Å². The second-order valence-electron chi connectivity index (χ2n) is 3.68. The van der Waals surface area contributed by atoms with Crippen LogP contribution in [0.1, 0.15) is 19.8 Å². The lowest BCUT2D eigenvalue weighted by atomic mass is 10.4. The summed E-state index contributed by atoms with van der Waals surface area (Å²) in [5, 5.41) is 5.90. The van der Waals surface area contributed by atoms with Gasteiger partial charge in [0.2, 0.25) is 5.91 Å². The third-order valence-corrected chi connectivity index (χ3v) is 2.48. The highest BCUT2D eigenvalue weighted by atomic mass is 16.1. The smallest absolute Gasteiger partial charge is 0.234 e. The minimum Gasteiger partial charge on any atom is -0.354 e. The van der Waals surface area contributed by atoms with Crippen molar-refractivity contribution in [3.63, 3.8) is 0 Å². The SMILES string of the molecule is CCNCC(=O)NCCN1CCCC1. The molecule has 0 aromatic rings. The van der Waals surface area contributed by atoms with Crippen molar-refractivity contribution in [1.82, 2.24) is 15.5 Å². The molecule has 0 saturated carbocycles. The number of nitrogens with zero attached hydrogens (tertiary/aromatic N) is 1. The zero-order chi connectivity index (χ0) is 10.2. The number of hydrogen-bond acceptors (Lipinski definition) is 3. The van der Waals surface area contributed by atoms with Crippen LogP contribution < -0.4 is 10.6 Å². The van der Waals surface area contributed by atoms with Gasteiger partial charge in [-0.15, -0.1) is 0 Å². The van der Waals surface area contributed by atoms with Crippen molar-refractivity contribution in [2.45, 2.75) is 19.8 Å². The van der Waals surface area contributed by atoms with E-state index in [0.717, 1.165) is 19.6 Å². The summed E-state index contributed by atoms with van der Waals surface area (Å²) in [7, 11) is 0. The van der Waals surface area contributed by atoms with Gasteiger partial charge in [0.1, 0.15) is 0 Å². The number of likely N-dealkylation sites (tertiary alicyclic amines) is 1. The highest BCUT2D eigenvalue weighted by Crippen LogP contribution is 2.05. The monoisotopic (exact) mass is 199 g/mol. The van der Waals surface area contributed by atoms with E-state index in [1.807, 2.05) is 6.92 Å². The van der Waals surface area contributed by atoms with Crippen molar-refractivity contribution in [2.75, 3.05) is 39.3 Å². The van der Waals surface area contributed by atoms with Crippen LogP contribution in [-0.4, -0.2) is 50.1 Å². The van der Waals surface area contributed by atoms with Gasteiger partial charge >= 0.3 is 0 Å². The molecule has 0 aliphatic carbocycles. The van der Waals surface area contributed by atoms with Crippen LogP contribution >= 0.6 is 0 Å². The predicted octanol–water partition coefficient (Wildman–Crippen LogP) is -0.192. The van der Waals surface area contributed by atoms with Gasteiger partial charge in [-0.05, 0) is 32.5 Å². The molecule has 0 aromatic carbocycles. The molecule has 2 N–H and O–H groups in total. The molecule has 0 spiro atoms. The molecule has 14 heavy (non-hydrogen) atoms. The van der Waals surface area contributed by atoms with Gasteiger partial charge in [-0.2, -0.15) is 0 Å². The maximum atomic E-state index is 11.2. The Bertz CT molecular complexity index is 167. The lowest BCUT2D eigenvalue weighted by Gasteiger charge is -2.14. The summed E-state index contributed by atoms with van der Waals surface area (Å²) in [6.07, 6.45) is 2.62. The van der Waals surface area contributed by atoms with Crippen molar-refractivity contribution >= 4 is 5.91 Å².